The standard InChI is InChI=1S/C19H29FO4/c1-3-5-7-9-11-13-14(12-10-8-6-4-2)16(20)18(22)17(21)15(13)19(23)24/h21-22H,3-12H2,1-2H3,(H,23,24). The van der Waals surface area contributed by atoms with Crippen molar-refractivity contribution < 1.29 is 24.5 Å². The molecule has 0 aliphatic carbocycles. The first-order valence-electron chi connectivity index (χ1n) is 8.94. The van der Waals surface area contributed by atoms with E-state index in [-0.39, 0.29) is 11.1 Å². The Morgan fingerprint density at radius 1 is 0.833 bits per heavy atom. The summed E-state index contributed by atoms with van der Waals surface area (Å²) in [7, 11) is 0. The number of aromatic carboxylic acids is 1. The lowest BCUT2D eigenvalue weighted by molar-refractivity contribution is 0.0691. The van der Waals surface area contributed by atoms with E-state index in [9.17, 15) is 24.5 Å². The van der Waals surface area contributed by atoms with Crippen LogP contribution in [0.3, 0.4) is 0 Å². The van der Waals surface area contributed by atoms with Crippen molar-refractivity contribution in [3.8, 4) is 11.5 Å². The summed E-state index contributed by atoms with van der Waals surface area (Å²) in [6, 6.07) is 0. The first-order chi connectivity index (χ1) is 11.5. The van der Waals surface area contributed by atoms with E-state index in [1.165, 1.54) is 0 Å². The molecule has 0 spiro atoms. The average molecular weight is 340 g/mol. The first-order valence-corrected chi connectivity index (χ1v) is 8.94. The molecule has 0 fully saturated rings. The van der Waals surface area contributed by atoms with Crippen LogP contribution < -0.4 is 0 Å². The van der Waals surface area contributed by atoms with E-state index in [1.54, 1.807) is 0 Å². The van der Waals surface area contributed by atoms with Crippen LogP contribution >= 0.6 is 0 Å². The molecule has 5 heteroatoms. The van der Waals surface area contributed by atoms with Crippen LogP contribution in [0.25, 0.3) is 0 Å². The normalized spacial score (nSPS) is 11.0. The summed E-state index contributed by atoms with van der Waals surface area (Å²) in [5.74, 6) is -4.01. The molecule has 0 saturated heterocycles. The Morgan fingerprint density at radius 3 is 1.79 bits per heavy atom. The molecule has 0 aliphatic heterocycles. The van der Waals surface area contributed by atoms with Crippen LogP contribution in [0.1, 0.15) is 86.7 Å². The third kappa shape index (κ3) is 5.11. The van der Waals surface area contributed by atoms with Crippen LogP contribution in [0.4, 0.5) is 4.39 Å². The van der Waals surface area contributed by atoms with Gasteiger partial charge in [-0.1, -0.05) is 52.4 Å². The lowest BCUT2D eigenvalue weighted by atomic mass is 9.90. The number of rotatable bonds is 11. The summed E-state index contributed by atoms with van der Waals surface area (Å²) in [6.07, 6.45) is 8.25. The topological polar surface area (TPSA) is 77.8 Å². The van der Waals surface area contributed by atoms with E-state index in [4.69, 9.17) is 0 Å². The van der Waals surface area contributed by atoms with Crippen molar-refractivity contribution in [2.75, 3.05) is 0 Å². The van der Waals surface area contributed by atoms with Crippen LogP contribution in [0, 0.1) is 5.82 Å². The molecule has 0 saturated carbocycles. The Kier molecular flexibility index (Phi) is 8.58. The maximum absolute atomic E-state index is 14.4. The zero-order chi connectivity index (χ0) is 18.1. The second-order valence-electron chi connectivity index (χ2n) is 6.27. The predicted octanol–water partition coefficient (Wildman–Crippen LogP) is 5.18. The Bertz CT molecular complexity index is 555. The molecule has 136 valence electrons. The molecule has 0 unspecified atom stereocenters. The van der Waals surface area contributed by atoms with Crippen molar-refractivity contribution >= 4 is 5.97 Å². The molecule has 0 heterocycles. The SMILES string of the molecule is CCCCCCc1c(F)c(O)c(O)c(C(=O)O)c1CCCCCC. The van der Waals surface area contributed by atoms with Crippen LogP contribution in [0.5, 0.6) is 11.5 Å². The molecule has 3 N–H and O–H groups in total. The van der Waals surface area contributed by atoms with Gasteiger partial charge < -0.3 is 15.3 Å². The number of carboxylic acid groups (broad SMARTS) is 1. The zero-order valence-electron chi connectivity index (χ0n) is 14.7. The number of hydrogen-bond donors (Lipinski definition) is 3. The van der Waals surface area contributed by atoms with E-state index < -0.39 is 23.3 Å². The second kappa shape index (κ2) is 10.2. The average Bonchev–Trinajstić information content (AvgIpc) is 2.55. The fourth-order valence-corrected chi connectivity index (χ4v) is 3.02. The number of benzene rings is 1. The molecular weight excluding hydrogens is 311 g/mol. The summed E-state index contributed by atoms with van der Waals surface area (Å²) in [4.78, 5) is 11.5. The molecule has 1 rings (SSSR count). The molecule has 1 aromatic carbocycles. The van der Waals surface area contributed by atoms with Gasteiger partial charge >= 0.3 is 5.97 Å². The largest absolute Gasteiger partial charge is 0.504 e. The van der Waals surface area contributed by atoms with Gasteiger partial charge in [-0.05, 0) is 36.8 Å². The van der Waals surface area contributed by atoms with Gasteiger partial charge in [0.2, 0.25) is 0 Å². The van der Waals surface area contributed by atoms with Gasteiger partial charge in [0.1, 0.15) is 5.56 Å². The Hall–Kier alpha value is -1.78. The lowest BCUT2D eigenvalue weighted by Crippen LogP contribution is -2.10. The Morgan fingerprint density at radius 2 is 1.33 bits per heavy atom. The van der Waals surface area contributed by atoms with Crippen molar-refractivity contribution in [3.05, 3.63) is 22.5 Å². The van der Waals surface area contributed by atoms with Gasteiger partial charge in [0, 0.05) is 0 Å². The van der Waals surface area contributed by atoms with E-state index in [1.807, 2.05) is 0 Å². The minimum absolute atomic E-state index is 0.246. The first kappa shape index (κ1) is 20.3. The van der Waals surface area contributed by atoms with Gasteiger partial charge in [-0.2, -0.15) is 0 Å². The molecular formula is C19H29FO4. The number of aromatic hydroxyl groups is 2. The fraction of sp³-hybridized carbons (Fsp3) is 0.632. The van der Waals surface area contributed by atoms with Gasteiger partial charge in [0.25, 0.3) is 0 Å². The summed E-state index contributed by atoms with van der Waals surface area (Å²) in [6.45, 7) is 4.16. The highest BCUT2D eigenvalue weighted by Gasteiger charge is 2.27. The predicted molar refractivity (Wildman–Crippen MR) is 92.4 cm³/mol. The van der Waals surface area contributed by atoms with E-state index in [2.05, 4.69) is 13.8 Å². The molecule has 0 aliphatic rings. The monoisotopic (exact) mass is 340 g/mol. The van der Waals surface area contributed by atoms with Crippen molar-refractivity contribution in [3.63, 3.8) is 0 Å². The summed E-state index contributed by atoms with van der Waals surface area (Å²) in [5.41, 5.74) is 0.231. The summed E-state index contributed by atoms with van der Waals surface area (Å²) < 4.78 is 14.4. The third-order valence-corrected chi connectivity index (χ3v) is 4.37. The van der Waals surface area contributed by atoms with E-state index in [0.29, 0.717) is 18.4 Å². The van der Waals surface area contributed by atoms with Crippen LogP contribution in [0.2, 0.25) is 0 Å². The highest BCUT2D eigenvalue weighted by atomic mass is 19.1. The maximum atomic E-state index is 14.4. The number of phenols is 2. The Balaban J connectivity index is 3.17. The minimum Gasteiger partial charge on any atom is -0.504 e. The highest BCUT2D eigenvalue weighted by Crippen LogP contribution is 2.39. The molecule has 0 atom stereocenters. The van der Waals surface area contributed by atoms with E-state index in [0.717, 1.165) is 51.4 Å². The number of halogens is 1. The van der Waals surface area contributed by atoms with Gasteiger partial charge in [-0.3, -0.25) is 0 Å². The molecule has 0 bridgehead atoms. The maximum Gasteiger partial charge on any atom is 0.339 e. The van der Waals surface area contributed by atoms with Gasteiger partial charge in [0.05, 0.1) is 0 Å². The molecule has 0 radical (unpaired) electrons. The number of unbranched alkanes of at least 4 members (excludes halogenated alkanes) is 6. The molecule has 0 aromatic heterocycles. The van der Waals surface area contributed by atoms with Crippen molar-refractivity contribution in [1.29, 1.82) is 0 Å². The molecule has 24 heavy (non-hydrogen) atoms. The summed E-state index contributed by atoms with van der Waals surface area (Å²) >= 11 is 0. The quantitative estimate of drug-likeness (QED) is 0.383. The number of hydrogen-bond acceptors (Lipinski definition) is 3. The number of phenolic OH excluding ortho intramolecular Hbond substituents is 1. The Labute approximate surface area is 143 Å². The number of carboxylic acids is 1. The molecule has 4 nitrogen and oxygen atoms in total. The lowest BCUT2D eigenvalue weighted by Gasteiger charge is -2.17. The van der Waals surface area contributed by atoms with Gasteiger partial charge in [-0.15, -0.1) is 0 Å². The summed E-state index contributed by atoms with van der Waals surface area (Å²) in [5, 5.41) is 29.1. The zero-order valence-corrected chi connectivity index (χ0v) is 14.7. The fourth-order valence-electron chi connectivity index (χ4n) is 3.02. The highest BCUT2D eigenvalue weighted by molar-refractivity contribution is 5.94. The van der Waals surface area contributed by atoms with Gasteiger partial charge in [-0.25, -0.2) is 9.18 Å². The van der Waals surface area contributed by atoms with Crippen molar-refractivity contribution in [1.82, 2.24) is 0 Å². The smallest absolute Gasteiger partial charge is 0.339 e. The van der Waals surface area contributed by atoms with Gasteiger partial charge in [0.15, 0.2) is 17.3 Å². The molecule has 1 aromatic rings. The van der Waals surface area contributed by atoms with Crippen LogP contribution in [-0.4, -0.2) is 21.3 Å². The molecule has 0 amide bonds. The van der Waals surface area contributed by atoms with Crippen LogP contribution in [-0.2, 0) is 12.8 Å². The second-order valence-corrected chi connectivity index (χ2v) is 6.27. The third-order valence-electron chi connectivity index (χ3n) is 4.37. The minimum atomic E-state index is -1.33. The van der Waals surface area contributed by atoms with Crippen molar-refractivity contribution in [2.45, 2.75) is 78.1 Å². The van der Waals surface area contributed by atoms with Crippen molar-refractivity contribution in [2.24, 2.45) is 0 Å². The van der Waals surface area contributed by atoms with E-state index >= 15 is 0 Å². The van der Waals surface area contributed by atoms with Crippen LogP contribution in [0.15, 0.2) is 0 Å². The number of carbonyl (C=O) groups is 1.